The van der Waals surface area contributed by atoms with E-state index in [9.17, 15) is 24.3 Å². The number of phenolic OH excluding ortho intramolecular Hbond substituents is 1. The van der Waals surface area contributed by atoms with Gasteiger partial charge in [0.25, 0.3) is 5.91 Å². The zero-order valence-corrected chi connectivity index (χ0v) is 34.3. The molecule has 0 spiro atoms. The number of carbonyl (C=O) groups excluding carboxylic acids is 4. The lowest BCUT2D eigenvalue weighted by atomic mass is 9.84. The highest BCUT2D eigenvalue weighted by molar-refractivity contribution is 5.99. The summed E-state index contributed by atoms with van der Waals surface area (Å²) >= 11 is 0. The third-order valence-corrected chi connectivity index (χ3v) is 12.7. The molecule has 1 unspecified atom stereocenters. The third kappa shape index (κ3) is 9.95. The summed E-state index contributed by atoms with van der Waals surface area (Å²) in [6.45, 7) is 4.36. The minimum Gasteiger partial charge on any atom is -0.507 e. The Morgan fingerprint density at radius 2 is 1.56 bits per heavy atom. The number of hydrogen-bond acceptors (Lipinski definition) is 12. The van der Waals surface area contributed by atoms with Crippen molar-refractivity contribution in [2.75, 3.05) is 63.1 Å². The standard InChI is InChI=1S/C46H54N8O7/c47-44-38(28-37(50-51-44)36-8-4-5-9-39(36)55)53-26-20-46(21-27-53,33-6-2-1-3-7-33)60-30-42(57)48-34-18-24-54(25-19-34)43(58)29-52-22-16-32(17-23-52)31-10-12-35(13-11-31)61-40-14-15-41(56)49-45(40)59/h1-13,28,32,34,40,55H,14-27,29-30H2,(H2,47,51)(H,48,57)(H,49,56,59). The van der Waals surface area contributed by atoms with Crippen LogP contribution < -0.4 is 26.0 Å². The smallest absolute Gasteiger partial charge is 0.267 e. The van der Waals surface area contributed by atoms with Crippen LogP contribution in [0.4, 0.5) is 11.5 Å². The van der Waals surface area contributed by atoms with Crippen molar-refractivity contribution in [2.24, 2.45) is 0 Å². The van der Waals surface area contributed by atoms with Crippen molar-refractivity contribution in [2.45, 2.75) is 75.0 Å². The van der Waals surface area contributed by atoms with Crippen molar-refractivity contribution in [3.8, 4) is 22.8 Å². The number of rotatable bonds is 12. The zero-order valence-electron chi connectivity index (χ0n) is 34.3. The molecule has 4 aliphatic rings. The van der Waals surface area contributed by atoms with Gasteiger partial charge in [-0.25, -0.2) is 0 Å². The molecule has 0 bridgehead atoms. The molecule has 0 radical (unpaired) electrons. The number of carbonyl (C=O) groups is 4. The maximum atomic E-state index is 13.4. The van der Waals surface area contributed by atoms with E-state index in [-0.39, 0.29) is 42.5 Å². The number of piperidine rings is 4. The summed E-state index contributed by atoms with van der Waals surface area (Å²) in [6.07, 6.45) is 4.49. The summed E-state index contributed by atoms with van der Waals surface area (Å²) in [6, 6.07) is 26.7. The highest BCUT2D eigenvalue weighted by Crippen LogP contribution is 2.40. The molecule has 1 atom stereocenters. The highest BCUT2D eigenvalue weighted by Gasteiger charge is 2.39. The first-order valence-electron chi connectivity index (χ1n) is 21.4. The zero-order chi connectivity index (χ0) is 42.3. The van der Waals surface area contributed by atoms with Crippen LogP contribution >= 0.6 is 0 Å². The van der Waals surface area contributed by atoms with Crippen molar-refractivity contribution < 1.29 is 33.8 Å². The number of nitrogen functional groups attached to an aromatic ring is 1. The molecule has 4 fully saturated rings. The van der Waals surface area contributed by atoms with Gasteiger partial charge in [-0.2, -0.15) is 0 Å². The van der Waals surface area contributed by atoms with Crippen molar-refractivity contribution >= 4 is 35.1 Å². The largest absolute Gasteiger partial charge is 0.507 e. The first-order valence-corrected chi connectivity index (χ1v) is 21.4. The van der Waals surface area contributed by atoms with Crippen LogP contribution in [0.1, 0.15) is 68.4 Å². The van der Waals surface area contributed by atoms with Gasteiger partial charge in [-0.1, -0.05) is 54.6 Å². The fourth-order valence-electron chi connectivity index (χ4n) is 9.06. The van der Waals surface area contributed by atoms with E-state index in [0.717, 1.165) is 37.2 Å². The second-order valence-corrected chi connectivity index (χ2v) is 16.6. The number of likely N-dealkylation sites (tertiary alicyclic amines) is 2. The maximum Gasteiger partial charge on any atom is 0.267 e. The lowest BCUT2D eigenvalue weighted by Gasteiger charge is -2.43. The van der Waals surface area contributed by atoms with Crippen LogP contribution in [0.15, 0.2) is 84.9 Å². The first kappa shape index (κ1) is 41.7. The number of aromatic hydroxyl groups is 1. The van der Waals surface area contributed by atoms with Gasteiger partial charge in [-0.3, -0.25) is 29.4 Å². The number of nitrogens with zero attached hydrogens (tertiary/aromatic N) is 5. The second kappa shape index (κ2) is 18.7. The summed E-state index contributed by atoms with van der Waals surface area (Å²) in [5.74, 6) is 0.706. The number of amides is 4. The van der Waals surface area contributed by atoms with Gasteiger partial charge in [0.1, 0.15) is 18.1 Å². The quantitative estimate of drug-likeness (QED) is 0.150. The van der Waals surface area contributed by atoms with Crippen molar-refractivity contribution in [3.63, 3.8) is 0 Å². The van der Waals surface area contributed by atoms with Gasteiger partial charge in [-0.05, 0) is 99.0 Å². The first-order chi connectivity index (χ1) is 29.6. The number of phenols is 1. The lowest BCUT2D eigenvalue weighted by molar-refractivity contribution is -0.139. The van der Waals surface area contributed by atoms with Crippen LogP contribution in [-0.4, -0.2) is 113 Å². The summed E-state index contributed by atoms with van der Waals surface area (Å²) in [4.78, 5) is 56.5. The van der Waals surface area contributed by atoms with Gasteiger partial charge < -0.3 is 35.4 Å². The number of anilines is 2. The molecule has 15 nitrogen and oxygen atoms in total. The number of nitrogens with one attached hydrogen (secondary N) is 2. The van der Waals surface area contributed by atoms with Crippen molar-refractivity contribution in [3.05, 3.63) is 96.1 Å². The Bertz CT molecular complexity index is 2180. The van der Waals surface area contributed by atoms with E-state index < -0.39 is 17.6 Å². The van der Waals surface area contributed by atoms with Crippen LogP contribution in [-0.2, 0) is 29.5 Å². The van der Waals surface area contributed by atoms with Crippen molar-refractivity contribution in [1.29, 1.82) is 0 Å². The Morgan fingerprint density at radius 1 is 0.852 bits per heavy atom. The minimum absolute atomic E-state index is 0.0355. The molecule has 320 valence electrons. The van der Waals surface area contributed by atoms with Gasteiger partial charge in [0, 0.05) is 50.6 Å². The third-order valence-electron chi connectivity index (χ3n) is 12.7. The summed E-state index contributed by atoms with van der Waals surface area (Å²) in [5, 5.41) is 24.3. The van der Waals surface area contributed by atoms with E-state index >= 15 is 0 Å². The number of imide groups is 1. The van der Waals surface area contributed by atoms with E-state index in [4.69, 9.17) is 15.2 Å². The van der Waals surface area contributed by atoms with E-state index in [1.807, 2.05) is 71.6 Å². The van der Waals surface area contributed by atoms with Gasteiger partial charge in [0.15, 0.2) is 11.9 Å². The average Bonchev–Trinajstić information content (AvgIpc) is 3.28. The number of benzene rings is 3. The molecule has 4 aromatic rings. The van der Waals surface area contributed by atoms with Crippen LogP contribution in [0.2, 0.25) is 0 Å². The van der Waals surface area contributed by atoms with Crippen LogP contribution in [0, 0.1) is 0 Å². The van der Waals surface area contributed by atoms with E-state index in [2.05, 4.69) is 30.6 Å². The van der Waals surface area contributed by atoms with Crippen LogP contribution in [0.3, 0.4) is 0 Å². The number of ether oxygens (including phenoxy) is 2. The van der Waals surface area contributed by atoms with Gasteiger partial charge in [0.05, 0.1) is 23.5 Å². The molecule has 61 heavy (non-hydrogen) atoms. The topological polar surface area (TPSA) is 193 Å². The molecular formula is C46H54N8O7. The Kier molecular flexibility index (Phi) is 12.8. The minimum atomic E-state index is -0.673. The summed E-state index contributed by atoms with van der Waals surface area (Å²) < 4.78 is 12.4. The van der Waals surface area contributed by atoms with Crippen molar-refractivity contribution in [1.82, 2.24) is 30.6 Å². The summed E-state index contributed by atoms with van der Waals surface area (Å²) in [5.41, 5.74) is 9.72. The molecule has 4 aliphatic heterocycles. The lowest BCUT2D eigenvalue weighted by Crippen LogP contribution is -2.50. The Balaban J connectivity index is 0.773. The summed E-state index contributed by atoms with van der Waals surface area (Å²) in [7, 11) is 0. The molecule has 8 rings (SSSR count). The molecular weight excluding hydrogens is 777 g/mol. The predicted molar refractivity (Wildman–Crippen MR) is 228 cm³/mol. The Morgan fingerprint density at radius 3 is 2.26 bits per heavy atom. The fraction of sp³-hybridized carbons (Fsp3) is 0.435. The molecule has 15 heteroatoms. The normalized spacial score (nSPS) is 20.2. The number of nitrogens with two attached hydrogens (primary N) is 1. The van der Waals surface area contributed by atoms with Crippen LogP contribution in [0.25, 0.3) is 11.3 Å². The molecule has 0 aliphatic carbocycles. The molecule has 0 saturated carbocycles. The maximum absolute atomic E-state index is 13.4. The van der Waals surface area contributed by atoms with Gasteiger partial charge >= 0.3 is 0 Å². The van der Waals surface area contributed by atoms with Gasteiger partial charge in [0.2, 0.25) is 17.7 Å². The predicted octanol–water partition coefficient (Wildman–Crippen LogP) is 4.11. The van der Waals surface area contributed by atoms with E-state index in [1.165, 1.54) is 5.56 Å². The molecule has 4 amide bonds. The molecule has 5 heterocycles. The SMILES string of the molecule is Nc1nnc(-c2ccccc2O)cc1N1CCC(OCC(=O)NC2CCN(C(=O)CN3CCC(c4ccc(OC5CCC(=O)NC5=O)cc4)CC3)CC2)(c2ccccc2)CC1. The Labute approximate surface area is 355 Å². The van der Waals surface area contributed by atoms with E-state index in [1.54, 1.807) is 18.2 Å². The molecule has 4 saturated heterocycles. The molecule has 3 aromatic carbocycles. The number of aromatic nitrogens is 2. The molecule has 1 aromatic heterocycles. The monoisotopic (exact) mass is 830 g/mol. The number of hydrogen-bond donors (Lipinski definition) is 4. The van der Waals surface area contributed by atoms with Gasteiger partial charge in [-0.15, -0.1) is 10.2 Å². The Hall–Kier alpha value is -6.06. The fourth-order valence-corrected chi connectivity index (χ4v) is 9.06. The van der Waals surface area contributed by atoms with Crippen LogP contribution in [0.5, 0.6) is 11.5 Å². The molecule has 5 N–H and O–H groups in total. The highest BCUT2D eigenvalue weighted by atomic mass is 16.5. The average molecular weight is 831 g/mol. The van der Waals surface area contributed by atoms with E-state index in [0.29, 0.717) is 93.6 Å². The second-order valence-electron chi connectivity index (χ2n) is 16.6. The number of para-hydroxylation sites is 1.